The lowest BCUT2D eigenvalue weighted by molar-refractivity contribution is -0.140. The number of ether oxygens (including phenoxy) is 1. The first-order valence-corrected chi connectivity index (χ1v) is 12.4. The number of hydrogen-bond acceptors (Lipinski definition) is 9. The van der Waals surface area contributed by atoms with Crippen molar-refractivity contribution < 1.29 is 19.4 Å². The summed E-state index contributed by atoms with van der Waals surface area (Å²) in [4.78, 5) is 34.4. The number of aromatic nitrogens is 3. The molecule has 2 N–H and O–H groups in total. The van der Waals surface area contributed by atoms with E-state index < -0.39 is 17.5 Å². The third-order valence-electron chi connectivity index (χ3n) is 4.92. The fourth-order valence-corrected chi connectivity index (χ4v) is 6.01. The van der Waals surface area contributed by atoms with Crippen molar-refractivity contribution in [2.45, 2.75) is 24.9 Å². The number of carbonyl (C=O) groups excluding carboxylic acids is 1. The van der Waals surface area contributed by atoms with Gasteiger partial charge in [-0.05, 0) is 41.8 Å². The summed E-state index contributed by atoms with van der Waals surface area (Å²) < 4.78 is 9.27. The second-order valence-electron chi connectivity index (χ2n) is 7.15. The maximum atomic E-state index is 12.2. The molecule has 166 valence electrons. The Bertz CT molecular complexity index is 1400. The first-order chi connectivity index (χ1) is 15.9. The molecule has 0 radical (unpaired) electrons. The second kappa shape index (κ2) is 8.72. The minimum absolute atomic E-state index is 0.121. The van der Waals surface area contributed by atoms with E-state index in [1.54, 1.807) is 0 Å². The van der Waals surface area contributed by atoms with Crippen molar-refractivity contribution in [3.8, 4) is 11.8 Å². The number of nitrogens with zero attached hydrogens (tertiary/aromatic N) is 3. The zero-order valence-electron chi connectivity index (χ0n) is 16.6. The van der Waals surface area contributed by atoms with Crippen molar-refractivity contribution in [1.29, 1.82) is 0 Å². The molecule has 0 atom stereocenters. The van der Waals surface area contributed by atoms with Crippen LogP contribution in [-0.4, -0.2) is 31.5 Å². The molecule has 0 unspecified atom stereocenters. The summed E-state index contributed by atoms with van der Waals surface area (Å²) in [6.45, 7) is 0.122. The molecule has 5 rings (SSSR count). The van der Waals surface area contributed by atoms with Gasteiger partial charge in [-0.3, -0.25) is 10.1 Å². The molecule has 0 aliphatic heterocycles. The fraction of sp³-hybridized carbons (Fsp3) is 0.190. The number of thiazole rings is 2. The highest BCUT2D eigenvalue weighted by Crippen LogP contribution is 2.50. The molecule has 4 aromatic rings. The Morgan fingerprint density at radius 3 is 2.61 bits per heavy atom. The molecule has 0 saturated heterocycles. The van der Waals surface area contributed by atoms with Gasteiger partial charge < -0.3 is 9.84 Å². The standard InChI is InChI=1S/C21H13ClN4O4S3/c22-15-14(24-20(29)30-10-11-4-2-1-3-5-11)12(33-26-15)6-7-13-23-16-17(31-13)25-18(32-16)21(8-9-21)19(27)28/h1-5H,8-10H2,(H,24,29)(H,27,28). The van der Waals surface area contributed by atoms with Crippen molar-refractivity contribution in [3.05, 3.63) is 55.9 Å². The summed E-state index contributed by atoms with van der Waals surface area (Å²) >= 11 is 9.75. The van der Waals surface area contributed by atoms with Crippen LogP contribution in [0, 0.1) is 11.8 Å². The van der Waals surface area contributed by atoms with Gasteiger partial charge in [-0.1, -0.05) is 64.6 Å². The third-order valence-corrected chi connectivity index (χ3v) is 8.20. The summed E-state index contributed by atoms with van der Waals surface area (Å²) in [5.41, 5.74) is 0.299. The molecular formula is C21H13ClN4O4S3. The van der Waals surface area contributed by atoms with E-state index in [1.165, 1.54) is 22.7 Å². The summed E-state index contributed by atoms with van der Waals surface area (Å²) in [6.07, 6.45) is 0.541. The number of fused-ring (bicyclic) bond motifs is 1. The lowest BCUT2D eigenvalue weighted by atomic mass is 10.1. The van der Waals surface area contributed by atoms with Crippen molar-refractivity contribution >= 4 is 73.2 Å². The lowest BCUT2D eigenvalue weighted by Crippen LogP contribution is -2.18. The van der Waals surface area contributed by atoms with Gasteiger partial charge in [-0.2, -0.15) is 4.37 Å². The van der Waals surface area contributed by atoms with Crippen LogP contribution in [0.3, 0.4) is 0 Å². The van der Waals surface area contributed by atoms with E-state index in [-0.39, 0.29) is 17.4 Å². The van der Waals surface area contributed by atoms with Crippen LogP contribution < -0.4 is 5.32 Å². The molecule has 33 heavy (non-hydrogen) atoms. The number of nitrogens with one attached hydrogen (secondary N) is 1. The van der Waals surface area contributed by atoms with Crippen molar-refractivity contribution in [3.63, 3.8) is 0 Å². The van der Waals surface area contributed by atoms with Crippen LogP contribution in [0.15, 0.2) is 30.3 Å². The smallest absolute Gasteiger partial charge is 0.412 e. The number of carbonyl (C=O) groups is 2. The molecular weight excluding hydrogens is 504 g/mol. The first kappa shape index (κ1) is 21.8. The third kappa shape index (κ3) is 4.43. The highest BCUT2D eigenvalue weighted by Gasteiger charge is 2.54. The average Bonchev–Trinajstić information content (AvgIpc) is 3.24. The van der Waals surface area contributed by atoms with Gasteiger partial charge in [0.1, 0.15) is 27.6 Å². The summed E-state index contributed by atoms with van der Waals surface area (Å²) in [6, 6.07) is 9.31. The van der Waals surface area contributed by atoms with Gasteiger partial charge in [-0.25, -0.2) is 14.8 Å². The molecule has 1 saturated carbocycles. The van der Waals surface area contributed by atoms with Crippen LogP contribution in [0.4, 0.5) is 10.5 Å². The quantitative estimate of drug-likeness (QED) is 0.353. The van der Waals surface area contributed by atoms with Crippen molar-refractivity contribution in [1.82, 2.24) is 14.3 Å². The zero-order chi connectivity index (χ0) is 23.0. The summed E-state index contributed by atoms with van der Waals surface area (Å²) in [5.74, 6) is 5.04. The summed E-state index contributed by atoms with van der Waals surface area (Å²) in [5, 5.41) is 13.3. The number of carboxylic acid groups (broad SMARTS) is 1. The second-order valence-corrected chi connectivity index (χ2v) is 10.2. The highest BCUT2D eigenvalue weighted by molar-refractivity contribution is 7.26. The van der Waals surface area contributed by atoms with Crippen LogP contribution in [0.2, 0.25) is 5.15 Å². The SMILES string of the molecule is O=C(Nc1c(Cl)nsc1C#Cc1nc2sc(C3(C(=O)O)CC3)nc2s1)OCc1ccccc1. The zero-order valence-corrected chi connectivity index (χ0v) is 19.8. The fourth-order valence-electron chi connectivity index (χ4n) is 2.98. The predicted molar refractivity (Wildman–Crippen MR) is 127 cm³/mol. The molecule has 12 heteroatoms. The molecule has 1 amide bonds. The Balaban J connectivity index is 1.29. The van der Waals surface area contributed by atoms with Crippen LogP contribution in [0.1, 0.15) is 33.3 Å². The molecule has 3 heterocycles. The topological polar surface area (TPSA) is 114 Å². The maximum absolute atomic E-state index is 12.2. The highest BCUT2D eigenvalue weighted by atomic mass is 35.5. The molecule has 1 aliphatic carbocycles. The van der Waals surface area contributed by atoms with E-state index in [9.17, 15) is 14.7 Å². The number of halogens is 1. The van der Waals surface area contributed by atoms with E-state index in [0.717, 1.165) is 17.1 Å². The van der Waals surface area contributed by atoms with Gasteiger partial charge in [0, 0.05) is 0 Å². The van der Waals surface area contributed by atoms with E-state index in [2.05, 4.69) is 31.5 Å². The van der Waals surface area contributed by atoms with Crippen LogP contribution >= 0.6 is 45.8 Å². The number of aliphatic carboxylic acids is 1. The van der Waals surface area contributed by atoms with E-state index in [0.29, 0.717) is 37.4 Å². The van der Waals surface area contributed by atoms with Gasteiger partial charge in [-0.15, -0.1) is 0 Å². The largest absolute Gasteiger partial charge is 0.481 e. The minimum atomic E-state index is -0.841. The van der Waals surface area contributed by atoms with Crippen molar-refractivity contribution in [2.24, 2.45) is 0 Å². The predicted octanol–water partition coefficient (Wildman–Crippen LogP) is 5.13. The van der Waals surface area contributed by atoms with Gasteiger partial charge in [0.05, 0.1) is 0 Å². The molecule has 0 spiro atoms. The molecule has 0 bridgehead atoms. The van der Waals surface area contributed by atoms with E-state index in [4.69, 9.17) is 16.3 Å². The first-order valence-electron chi connectivity index (χ1n) is 9.61. The van der Waals surface area contributed by atoms with E-state index in [1.807, 2.05) is 30.3 Å². The molecule has 8 nitrogen and oxygen atoms in total. The number of amides is 1. The number of rotatable bonds is 5. The average molecular weight is 517 g/mol. The number of benzene rings is 1. The van der Waals surface area contributed by atoms with Gasteiger partial charge >= 0.3 is 12.1 Å². The Hall–Kier alpha value is -3.04. The molecule has 1 fully saturated rings. The molecule has 3 aromatic heterocycles. The van der Waals surface area contributed by atoms with Gasteiger partial charge in [0.15, 0.2) is 19.8 Å². The van der Waals surface area contributed by atoms with Crippen molar-refractivity contribution in [2.75, 3.05) is 5.32 Å². The monoisotopic (exact) mass is 516 g/mol. The molecule has 1 aromatic carbocycles. The Labute approximate surface area is 204 Å². The van der Waals surface area contributed by atoms with Gasteiger partial charge in [0.2, 0.25) is 0 Å². The van der Waals surface area contributed by atoms with Crippen LogP contribution in [-0.2, 0) is 21.6 Å². The van der Waals surface area contributed by atoms with E-state index >= 15 is 0 Å². The number of anilines is 1. The Morgan fingerprint density at radius 1 is 1.15 bits per heavy atom. The Kier molecular flexibility index (Phi) is 5.76. The lowest BCUT2D eigenvalue weighted by Gasteiger charge is -2.06. The number of carboxylic acids is 1. The normalized spacial score (nSPS) is 13.8. The Morgan fingerprint density at radius 2 is 1.91 bits per heavy atom. The molecule has 1 aliphatic rings. The summed E-state index contributed by atoms with van der Waals surface area (Å²) in [7, 11) is 0. The number of hydrogen-bond donors (Lipinski definition) is 2. The van der Waals surface area contributed by atoms with Gasteiger partial charge in [0.25, 0.3) is 0 Å². The maximum Gasteiger partial charge on any atom is 0.412 e. The van der Waals surface area contributed by atoms with Crippen LogP contribution in [0.25, 0.3) is 9.66 Å². The minimum Gasteiger partial charge on any atom is -0.481 e. The van der Waals surface area contributed by atoms with Crippen LogP contribution in [0.5, 0.6) is 0 Å².